The van der Waals surface area contributed by atoms with Crippen LogP contribution in [0.1, 0.15) is 25.1 Å². The third-order valence-electron chi connectivity index (χ3n) is 3.14. The monoisotopic (exact) mass is 241 g/mol. The van der Waals surface area contributed by atoms with Crippen molar-refractivity contribution in [3.05, 3.63) is 11.1 Å². The van der Waals surface area contributed by atoms with E-state index in [1.807, 2.05) is 7.05 Å². The molecular formula is C11H19N3OS. The molecule has 2 heterocycles. The number of likely N-dealkylation sites (N-methyl/N-ethyl adjacent to an activating group) is 1. The molecule has 0 amide bonds. The highest BCUT2D eigenvalue weighted by Gasteiger charge is 2.22. The maximum absolute atomic E-state index is 5.40. The molecule has 0 radical (unpaired) electrons. The van der Waals surface area contributed by atoms with Crippen molar-refractivity contribution in [2.75, 3.05) is 32.2 Å². The summed E-state index contributed by atoms with van der Waals surface area (Å²) in [4.78, 5) is 6.89. The van der Waals surface area contributed by atoms with Gasteiger partial charge in [-0.25, -0.2) is 4.98 Å². The summed E-state index contributed by atoms with van der Waals surface area (Å²) in [7, 11) is 4.06. The van der Waals surface area contributed by atoms with Crippen LogP contribution in [0.2, 0.25) is 0 Å². The summed E-state index contributed by atoms with van der Waals surface area (Å²) in [5.74, 6) is 0. The van der Waals surface area contributed by atoms with Crippen LogP contribution in [0.4, 0.5) is 5.13 Å². The average molecular weight is 241 g/mol. The van der Waals surface area contributed by atoms with Crippen LogP contribution >= 0.6 is 11.3 Å². The number of anilines is 1. The quantitative estimate of drug-likeness (QED) is 0.870. The van der Waals surface area contributed by atoms with Gasteiger partial charge >= 0.3 is 0 Å². The molecule has 1 fully saturated rings. The number of ether oxygens (including phenoxy) is 1. The minimum atomic E-state index is 0.318. The highest BCUT2D eigenvalue weighted by Crippen LogP contribution is 2.26. The first kappa shape index (κ1) is 11.8. The Labute approximate surface area is 101 Å². The first-order valence-corrected chi connectivity index (χ1v) is 6.53. The molecule has 0 saturated carbocycles. The number of hydrogen-bond acceptors (Lipinski definition) is 5. The lowest BCUT2D eigenvalue weighted by Gasteiger charge is -2.22. The van der Waals surface area contributed by atoms with Gasteiger partial charge in [0, 0.05) is 25.1 Å². The van der Waals surface area contributed by atoms with E-state index in [1.54, 1.807) is 11.3 Å². The lowest BCUT2D eigenvalue weighted by molar-refractivity contribution is 0.193. The summed E-state index contributed by atoms with van der Waals surface area (Å²) in [5, 5.41) is 6.42. The van der Waals surface area contributed by atoms with Gasteiger partial charge in [-0.1, -0.05) is 0 Å². The molecule has 16 heavy (non-hydrogen) atoms. The fourth-order valence-electron chi connectivity index (χ4n) is 1.77. The van der Waals surface area contributed by atoms with Crippen LogP contribution in [0.25, 0.3) is 0 Å². The normalized spacial score (nSPS) is 22.3. The molecule has 90 valence electrons. The molecule has 0 aromatic carbocycles. The van der Waals surface area contributed by atoms with Crippen molar-refractivity contribution >= 4 is 16.5 Å². The highest BCUT2D eigenvalue weighted by atomic mass is 32.1. The Balaban J connectivity index is 2.05. The fourth-order valence-corrected chi connectivity index (χ4v) is 2.73. The van der Waals surface area contributed by atoms with Gasteiger partial charge in [0.05, 0.1) is 18.3 Å². The minimum absolute atomic E-state index is 0.318. The van der Waals surface area contributed by atoms with Crippen molar-refractivity contribution < 1.29 is 4.74 Å². The summed E-state index contributed by atoms with van der Waals surface area (Å²) in [6.07, 6.45) is 1.10. The maximum Gasteiger partial charge on any atom is 0.185 e. The Bertz CT molecular complexity index is 336. The second-order valence-corrected chi connectivity index (χ2v) is 5.03. The van der Waals surface area contributed by atoms with E-state index in [0.717, 1.165) is 30.5 Å². The number of hydrogen-bond donors (Lipinski definition) is 1. The van der Waals surface area contributed by atoms with Gasteiger partial charge in [-0.3, -0.25) is 0 Å². The lowest BCUT2D eigenvalue weighted by atomic mass is 10.2. The molecular weight excluding hydrogens is 222 g/mol. The van der Waals surface area contributed by atoms with Crippen LogP contribution in [0.3, 0.4) is 0 Å². The predicted molar refractivity (Wildman–Crippen MR) is 67.2 cm³/mol. The number of rotatable bonds is 4. The number of nitrogens with zero attached hydrogens (tertiary/aromatic N) is 2. The van der Waals surface area contributed by atoms with Gasteiger partial charge in [0.25, 0.3) is 0 Å². The van der Waals surface area contributed by atoms with Crippen LogP contribution in [0, 0.1) is 0 Å². The van der Waals surface area contributed by atoms with E-state index in [1.165, 1.54) is 0 Å². The fraction of sp³-hybridized carbons (Fsp3) is 0.727. The second-order valence-electron chi connectivity index (χ2n) is 4.19. The van der Waals surface area contributed by atoms with E-state index in [4.69, 9.17) is 4.74 Å². The predicted octanol–water partition coefficient (Wildman–Crippen LogP) is 1.65. The van der Waals surface area contributed by atoms with E-state index in [2.05, 4.69) is 34.6 Å². The Hall–Kier alpha value is -0.650. The molecule has 2 rings (SSSR count). The summed E-state index contributed by atoms with van der Waals surface area (Å²) >= 11 is 1.71. The van der Waals surface area contributed by atoms with E-state index >= 15 is 0 Å². The van der Waals surface area contributed by atoms with Gasteiger partial charge in [0.1, 0.15) is 0 Å². The highest BCUT2D eigenvalue weighted by molar-refractivity contribution is 7.13. The molecule has 1 aromatic rings. The zero-order valence-corrected chi connectivity index (χ0v) is 10.9. The Kier molecular flexibility index (Phi) is 3.78. The zero-order valence-electron chi connectivity index (χ0n) is 10.1. The molecule has 1 saturated heterocycles. The molecule has 0 bridgehead atoms. The molecule has 1 N–H and O–H groups in total. The first-order chi connectivity index (χ1) is 7.72. The van der Waals surface area contributed by atoms with Gasteiger partial charge in [-0.05, 0) is 20.4 Å². The van der Waals surface area contributed by atoms with Crippen molar-refractivity contribution in [2.45, 2.75) is 25.4 Å². The van der Waals surface area contributed by atoms with Gasteiger partial charge in [0.2, 0.25) is 0 Å². The van der Waals surface area contributed by atoms with Crippen LogP contribution in [-0.2, 0) is 4.74 Å². The van der Waals surface area contributed by atoms with Crippen molar-refractivity contribution in [1.82, 2.24) is 10.3 Å². The van der Waals surface area contributed by atoms with Crippen molar-refractivity contribution in [1.29, 1.82) is 0 Å². The van der Waals surface area contributed by atoms with E-state index in [-0.39, 0.29) is 0 Å². The molecule has 2 unspecified atom stereocenters. The third kappa shape index (κ3) is 2.36. The summed E-state index contributed by atoms with van der Waals surface area (Å²) in [5.41, 5.74) is 1.12. The molecule has 1 aliphatic heterocycles. The Morgan fingerprint density at radius 2 is 2.50 bits per heavy atom. The molecule has 2 atom stereocenters. The minimum Gasteiger partial charge on any atom is -0.379 e. The van der Waals surface area contributed by atoms with Gasteiger partial charge in [-0.15, -0.1) is 11.3 Å². The van der Waals surface area contributed by atoms with Gasteiger partial charge in [0.15, 0.2) is 5.13 Å². The first-order valence-electron chi connectivity index (χ1n) is 5.65. The average Bonchev–Trinajstić information content (AvgIpc) is 2.97. The van der Waals surface area contributed by atoms with Crippen LogP contribution in [-0.4, -0.2) is 38.3 Å². The zero-order chi connectivity index (χ0) is 11.5. The van der Waals surface area contributed by atoms with Gasteiger partial charge < -0.3 is 15.0 Å². The van der Waals surface area contributed by atoms with Crippen LogP contribution < -0.4 is 10.2 Å². The van der Waals surface area contributed by atoms with Crippen LogP contribution in [0.5, 0.6) is 0 Å². The number of aromatic nitrogens is 1. The lowest BCUT2D eigenvalue weighted by Crippen LogP contribution is -2.31. The Morgan fingerprint density at radius 3 is 3.12 bits per heavy atom. The second kappa shape index (κ2) is 5.12. The molecule has 1 aromatic heterocycles. The molecule has 5 heteroatoms. The van der Waals surface area contributed by atoms with Crippen molar-refractivity contribution in [2.24, 2.45) is 0 Å². The topological polar surface area (TPSA) is 37.4 Å². The van der Waals surface area contributed by atoms with E-state index < -0.39 is 0 Å². The summed E-state index contributed by atoms with van der Waals surface area (Å²) < 4.78 is 5.40. The Morgan fingerprint density at radius 1 is 1.69 bits per heavy atom. The largest absolute Gasteiger partial charge is 0.379 e. The van der Waals surface area contributed by atoms with Crippen molar-refractivity contribution in [3.8, 4) is 0 Å². The van der Waals surface area contributed by atoms with Gasteiger partial charge in [-0.2, -0.15) is 0 Å². The smallest absolute Gasteiger partial charge is 0.185 e. The standard InChI is InChI=1S/C11H19N3OS/c1-8(12-2)10-7-16-11(13-10)14(3)9-4-5-15-6-9/h7-9,12H,4-6H2,1-3H3. The van der Waals surface area contributed by atoms with Crippen molar-refractivity contribution in [3.63, 3.8) is 0 Å². The molecule has 1 aliphatic rings. The SMILES string of the molecule is CNC(C)c1csc(N(C)C2CCOC2)n1. The molecule has 4 nitrogen and oxygen atoms in total. The maximum atomic E-state index is 5.40. The number of thiazole rings is 1. The number of nitrogens with one attached hydrogen (secondary N) is 1. The summed E-state index contributed by atoms with van der Waals surface area (Å²) in [6.45, 7) is 3.82. The molecule has 0 spiro atoms. The third-order valence-corrected chi connectivity index (χ3v) is 4.09. The van der Waals surface area contributed by atoms with E-state index in [0.29, 0.717) is 12.1 Å². The van der Waals surface area contributed by atoms with Crippen LogP contribution in [0.15, 0.2) is 5.38 Å². The summed E-state index contributed by atoms with van der Waals surface area (Å²) in [6, 6.07) is 0.808. The molecule has 0 aliphatic carbocycles. The van der Waals surface area contributed by atoms with E-state index in [9.17, 15) is 0 Å².